The third-order valence-corrected chi connectivity index (χ3v) is 4.43. The summed E-state index contributed by atoms with van der Waals surface area (Å²) in [5.41, 5.74) is 6.33. The Morgan fingerprint density at radius 3 is 2.62 bits per heavy atom. The number of aliphatic hydroxyl groups is 1. The Balaban J connectivity index is 1.80. The van der Waals surface area contributed by atoms with E-state index in [2.05, 4.69) is 30.4 Å². The maximum atomic E-state index is 9.42. The molecule has 110 valence electrons. The van der Waals surface area contributed by atoms with Gasteiger partial charge in [0.2, 0.25) is 0 Å². The fourth-order valence-corrected chi connectivity index (χ4v) is 3.14. The molecule has 0 amide bonds. The predicted octanol–water partition coefficient (Wildman–Crippen LogP) is 4.23. The molecule has 1 atom stereocenters. The summed E-state index contributed by atoms with van der Waals surface area (Å²) in [5.74, 6) is 0. The highest BCUT2D eigenvalue weighted by Crippen LogP contribution is 2.27. The first-order chi connectivity index (χ1) is 10.3. The highest BCUT2D eigenvalue weighted by Gasteiger charge is 2.13. The molecule has 1 aliphatic carbocycles. The first kappa shape index (κ1) is 14.2. The lowest BCUT2D eigenvalue weighted by Gasteiger charge is -2.21. The van der Waals surface area contributed by atoms with E-state index in [-0.39, 0.29) is 12.6 Å². The van der Waals surface area contributed by atoms with Crippen LogP contribution in [-0.2, 0) is 19.4 Å². The summed E-state index contributed by atoms with van der Waals surface area (Å²) in [7, 11) is 0. The SMILES string of the molecule is CC(Nc1ccccc1CO)c1ccc2c(c1)CCCC2. The number of hydrogen-bond donors (Lipinski definition) is 2. The molecular weight excluding hydrogens is 258 g/mol. The first-order valence-electron chi connectivity index (χ1n) is 7.85. The molecule has 21 heavy (non-hydrogen) atoms. The van der Waals surface area contributed by atoms with Crippen LogP contribution in [0.2, 0.25) is 0 Å². The van der Waals surface area contributed by atoms with Crippen molar-refractivity contribution in [3.8, 4) is 0 Å². The van der Waals surface area contributed by atoms with E-state index in [4.69, 9.17) is 0 Å². The Morgan fingerprint density at radius 1 is 1.05 bits per heavy atom. The summed E-state index contributed by atoms with van der Waals surface area (Å²) < 4.78 is 0. The van der Waals surface area contributed by atoms with Crippen molar-refractivity contribution in [2.45, 2.75) is 45.3 Å². The molecule has 0 spiro atoms. The Bertz CT molecular complexity index is 621. The minimum Gasteiger partial charge on any atom is -0.392 e. The number of benzene rings is 2. The molecule has 2 nitrogen and oxygen atoms in total. The number of aryl methyl sites for hydroxylation is 2. The lowest BCUT2D eigenvalue weighted by molar-refractivity contribution is 0.282. The molecule has 0 saturated heterocycles. The number of nitrogens with one attached hydrogen (secondary N) is 1. The third kappa shape index (κ3) is 3.11. The third-order valence-electron chi connectivity index (χ3n) is 4.43. The van der Waals surface area contributed by atoms with Gasteiger partial charge in [-0.2, -0.15) is 0 Å². The zero-order valence-corrected chi connectivity index (χ0v) is 12.6. The summed E-state index contributed by atoms with van der Waals surface area (Å²) in [6, 6.07) is 15.1. The number of para-hydroxylation sites is 1. The normalized spacial score (nSPS) is 15.3. The highest BCUT2D eigenvalue weighted by molar-refractivity contribution is 5.52. The fourth-order valence-electron chi connectivity index (χ4n) is 3.14. The second-order valence-electron chi connectivity index (χ2n) is 5.92. The van der Waals surface area contributed by atoms with Gasteiger partial charge in [0, 0.05) is 17.3 Å². The molecule has 0 radical (unpaired) electrons. The van der Waals surface area contributed by atoms with Gasteiger partial charge in [-0.05, 0) is 55.4 Å². The Morgan fingerprint density at radius 2 is 1.81 bits per heavy atom. The predicted molar refractivity (Wildman–Crippen MR) is 87.5 cm³/mol. The summed E-state index contributed by atoms with van der Waals surface area (Å²) >= 11 is 0. The van der Waals surface area contributed by atoms with Crippen molar-refractivity contribution in [2.75, 3.05) is 5.32 Å². The lowest BCUT2D eigenvalue weighted by atomic mass is 9.89. The number of aliphatic hydroxyl groups excluding tert-OH is 1. The van der Waals surface area contributed by atoms with Crippen molar-refractivity contribution in [1.29, 1.82) is 0 Å². The van der Waals surface area contributed by atoms with Crippen molar-refractivity contribution in [1.82, 2.24) is 0 Å². The van der Waals surface area contributed by atoms with Crippen molar-refractivity contribution in [2.24, 2.45) is 0 Å². The fraction of sp³-hybridized carbons (Fsp3) is 0.368. The van der Waals surface area contributed by atoms with E-state index in [9.17, 15) is 5.11 Å². The van der Waals surface area contributed by atoms with E-state index in [0.29, 0.717) is 0 Å². The summed E-state index contributed by atoms with van der Waals surface area (Å²) in [6.07, 6.45) is 5.07. The standard InChI is InChI=1S/C19H23NO/c1-14(20-19-9-5-4-8-18(19)13-21)16-11-10-15-6-2-3-7-17(15)12-16/h4-5,8-12,14,20-21H,2-3,6-7,13H2,1H3. The molecule has 1 aliphatic rings. The molecule has 0 heterocycles. The van der Waals surface area contributed by atoms with Crippen molar-refractivity contribution in [3.05, 3.63) is 64.7 Å². The van der Waals surface area contributed by atoms with Gasteiger partial charge in [-0.25, -0.2) is 0 Å². The topological polar surface area (TPSA) is 32.3 Å². The van der Waals surface area contributed by atoms with Gasteiger partial charge >= 0.3 is 0 Å². The molecule has 0 saturated carbocycles. The van der Waals surface area contributed by atoms with Crippen LogP contribution in [0.3, 0.4) is 0 Å². The van der Waals surface area contributed by atoms with E-state index < -0.39 is 0 Å². The van der Waals surface area contributed by atoms with Gasteiger partial charge in [-0.3, -0.25) is 0 Å². The molecule has 0 fully saturated rings. The zero-order valence-electron chi connectivity index (χ0n) is 12.6. The smallest absolute Gasteiger partial charge is 0.0701 e. The molecule has 2 aromatic rings. The quantitative estimate of drug-likeness (QED) is 0.879. The minimum absolute atomic E-state index is 0.0695. The molecule has 2 N–H and O–H groups in total. The van der Waals surface area contributed by atoms with Gasteiger partial charge in [0.1, 0.15) is 0 Å². The molecule has 3 rings (SSSR count). The molecule has 1 unspecified atom stereocenters. The summed E-state index contributed by atoms with van der Waals surface area (Å²) in [6.45, 7) is 2.25. The Labute approximate surface area is 126 Å². The number of hydrogen-bond acceptors (Lipinski definition) is 2. The van der Waals surface area contributed by atoms with E-state index in [0.717, 1.165) is 11.3 Å². The minimum atomic E-state index is 0.0695. The van der Waals surface area contributed by atoms with Gasteiger partial charge in [-0.1, -0.05) is 36.4 Å². The largest absolute Gasteiger partial charge is 0.392 e. The van der Waals surface area contributed by atoms with Crippen LogP contribution in [0.1, 0.15) is 48.1 Å². The van der Waals surface area contributed by atoms with E-state index in [1.807, 2.05) is 24.3 Å². The molecule has 0 bridgehead atoms. The molecule has 2 aromatic carbocycles. The lowest BCUT2D eigenvalue weighted by Crippen LogP contribution is -2.10. The average molecular weight is 281 g/mol. The summed E-state index contributed by atoms with van der Waals surface area (Å²) in [4.78, 5) is 0. The van der Waals surface area contributed by atoms with Crippen LogP contribution in [0.25, 0.3) is 0 Å². The van der Waals surface area contributed by atoms with Crippen LogP contribution >= 0.6 is 0 Å². The van der Waals surface area contributed by atoms with Crippen LogP contribution in [0.4, 0.5) is 5.69 Å². The van der Waals surface area contributed by atoms with Crippen LogP contribution < -0.4 is 5.32 Å². The van der Waals surface area contributed by atoms with Crippen molar-refractivity contribution < 1.29 is 5.11 Å². The maximum Gasteiger partial charge on any atom is 0.0701 e. The van der Waals surface area contributed by atoms with E-state index >= 15 is 0 Å². The number of fused-ring (bicyclic) bond motifs is 1. The Kier molecular flexibility index (Phi) is 4.26. The number of rotatable bonds is 4. The maximum absolute atomic E-state index is 9.42. The van der Waals surface area contributed by atoms with Gasteiger partial charge in [0.15, 0.2) is 0 Å². The van der Waals surface area contributed by atoms with Gasteiger partial charge in [0.05, 0.1) is 6.61 Å². The van der Waals surface area contributed by atoms with Gasteiger partial charge in [0.25, 0.3) is 0 Å². The van der Waals surface area contributed by atoms with Crippen LogP contribution in [0.15, 0.2) is 42.5 Å². The van der Waals surface area contributed by atoms with Crippen LogP contribution in [0.5, 0.6) is 0 Å². The molecule has 0 aromatic heterocycles. The van der Waals surface area contributed by atoms with Crippen LogP contribution in [0, 0.1) is 0 Å². The number of anilines is 1. The molecular formula is C19H23NO. The second kappa shape index (κ2) is 6.31. The van der Waals surface area contributed by atoms with E-state index in [1.54, 1.807) is 0 Å². The van der Waals surface area contributed by atoms with E-state index in [1.165, 1.54) is 42.4 Å². The molecule has 0 aliphatic heterocycles. The van der Waals surface area contributed by atoms with Gasteiger partial charge < -0.3 is 10.4 Å². The first-order valence-corrected chi connectivity index (χ1v) is 7.85. The van der Waals surface area contributed by atoms with Crippen molar-refractivity contribution in [3.63, 3.8) is 0 Å². The molecule has 2 heteroatoms. The average Bonchev–Trinajstić information content (AvgIpc) is 2.55. The van der Waals surface area contributed by atoms with Crippen molar-refractivity contribution >= 4 is 5.69 Å². The zero-order chi connectivity index (χ0) is 14.7. The monoisotopic (exact) mass is 281 g/mol. The Hall–Kier alpha value is -1.80. The highest BCUT2D eigenvalue weighted by atomic mass is 16.3. The second-order valence-corrected chi connectivity index (χ2v) is 5.92. The van der Waals surface area contributed by atoms with Crippen LogP contribution in [-0.4, -0.2) is 5.11 Å². The summed E-state index contributed by atoms with van der Waals surface area (Å²) in [5, 5.41) is 12.9. The van der Waals surface area contributed by atoms with Gasteiger partial charge in [-0.15, -0.1) is 0 Å².